The Morgan fingerprint density at radius 1 is 1.00 bits per heavy atom. The van der Waals surface area contributed by atoms with Gasteiger partial charge in [0, 0.05) is 14.7 Å². The highest BCUT2D eigenvalue weighted by Gasteiger charge is 2.12. The molecule has 2 aromatic rings. The topological polar surface area (TPSA) is 58.9 Å². The number of hydrogen-bond acceptors (Lipinski definition) is 4. The van der Waals surface area contributed by atoms with Crippen LogP contribution in [0.5, 0.6) is 17.2 Å². The molecule has 0 saturated carbocycles. The molecule has 0 aliphatic rings. The fourth-order valence-corrected chi connectivity index (χ4v) is 3.76. The monoisotopic (exact) mass is 440 g/mol. The molecule has 2 aromatic carbocycles. The van der Waals surface area contributed by atoms with Crippen molar-refractivity contribution in [3.05, 3.63) is 64.2 Å². The van der Waals surface area contributed by atoms with Gasteiger partial charge in [0.25, 0.3) is 0 Å². The van der Waals surface area contributed by atoms with E-state index >= 15 is 0 Å². The summed E-state index contributed by atoms with van der Waals surface area (Å²) in [5.41, 5.74) is 5.52. The lowest BCUT2D eigenvalue weighted by molar-refractivity contribution is 0.0220. The number of aromatic hydroxyl groups is 2. The molecule has 0 amide bonds. The van der Waals surface area contributed by atoms with Gasteiger partial charge >= 0.3 is 0 Å². The molecule has 4 nitrogen and oxygen atoms in total. The number of rotatable bonds is 10. The van der Waals surface area contributed by atoms with E-state index in [1.54, 1.807) is 12.1 Å². The first-order chi connectivity index (χ1) is 14.5. The fraction of sp³-hybridized carbons (Fsp3) is 0.385. The number of benzene rings is 2. The van der Waals surface area contributed by atoms with Crippen molar-refractivity contribution >= 4 is 20.2 Å². The molecule has 5 heteroatoms. The summed E-state index contributed by atoms with van der Waals surface area (Å²) in [4.78, 5) is 0. The highest BCUT2D eigenvalue weighted by molar-refractivity contribution is 6.76. The van der Waals surface area contributed by atoms with E-state index in [0.717, 1.165) is 41.5 Å². The summed E-state index contributed by atoms with van der Waals surface area (Å²) in [7, 11) is -1.11. The molecule has 0 bridgehead atoms. The van der Waals surface area contributed by atoms with Gasteiger partial charge in [-0.1, -0.05) is 49.5 Å². The third-order valence-corrected chi connectivity index (χ3v) is 6.66. The van der Waals surface area contributed by atoms with Crippen molar-refractivity contribution in [2.24, 2.45) is 0 Å². The van der Waals surface area contributed by atoms with Crippen LogP contribution < -0.4 is 4.74 Å². The average Bonchev–Trinajstić information content (AvgIpc) is 2.66. The molecule has 0 aliphatic carbocycles. The lowest BCUT2D eigenvalue weighted by atomic mass is 9.96. The van der Waals surface area contributed by atoms with E-state index in [1.165, 1.54) is 17.2 Å². The van der Waals surface area contributed by atoms with Gasteiger partial charge in [0.1, 0.15) is 5.75 Å². The summed E-state index contributed by atoms with van der Waals surface area (Å²) in [6.45, 7) is 14.3. The van der Waals surface area contributed by atoms with Crippen LogP contribution in [0.15, 0.2) is 42.0 Å². The van der Waals surface area contributed by atoms with Crippen LogP contribution in [0.1, 0.15) is 36.1 Å². The van der Waals surface area contributed by atoms with Crippen LogP contribution in [0.4, 0.5) is 0 Å². The first-order valence-corrected chi connectivity index (χ1v) is 14.4. The Hall–Kier alpha value is -2.50. The van der Waals surface area contributed by atoms with E-state index in [0.29, 0.717) is 0 Å². The van der Waals surface area contributed by atoms with Crippen LogP contribution in [0.3, 0.4) is 0 Å². The molecule has 0 radical (unpaired) electrons. The van der Waals surface area contributed by atoms with Gasteiger partial charge in [0.05, 0.1) is 0 Å². The van der Waals surface area contributed by atoms with E-state index in [-0.39, 0.29) is 18.3 Å². The SMILES string of the molecule is CC(C)=CCc1c(C)cc(OCOCC[Si](C)(C)C)cc1/C=C/c1ccc(O)c(O)c1. The molecular formula is C26H36O4Si. The quantitative estimate of drug-likeness (QED) is 0.107. The van der Waals surface area contributed by atoms with Crippen molar-refractivity contribution in [1.29, 1.82) is 0 Å². The predicted molar refractivity (Wildman–Crippen MR) is 133 cm³/mol. The second-order valence-corrected chi connectivity index (χ2v) is 15.0. The molecule has 31 heavy (non-hydrogen) atoms. The smallest absolute Gasteiger partial charge is 0.189 e. The molecule has 0 heterocycles. The van der Waals surface area contributed by atoms with Crippen molar-refractivity contribution in [1.82, 2.24) is 0 Å². The van der Waals surface area contributed by atoms with Crippen LogP contribution in [-0.4, -0.2) is 31.7 Å². The largest absolute Gasteiger partial charge is 0.504 e. The van der Waals surface area contributed by atoms with Gasteiger partial charge in [-0.25, -0.2) is 0 Å². The number of phenols is 2. The normalized spacial score (nSPS) is 11.7. The molecule has 0 fully saturated rings. The number of phenolic OH excluding ortho intramolecular Hbond substituents is 2. The summed E-state index contributed by atoms with van der Waals surface area (Å²) in [6.07, 6.45) is 6.99. The van der Waals surface area contributed by atoms with Crippen LogP contribution in [0.25, 0.3) is 12.2 Å². The second kappa shape index (κ2) is 11.2. The van der Waals surface area contributed by atoms with Gasteiger partial charge in [-0.2, -0.15) is 0 Å². The molecule has 0 spiro atoms. The zero-order chi connectivity index (χ0) is 23.0. The first-order valence-electron chi connectivity index (χ1n) is 10.7. The van der Waals surface area contributed by atoms with E-state index in [4.69, 9.17) is 9.47 Å². The van der Waals surface area contributed by atoms with Gasteiger partial charge in [-0.3, -0.25) is 0 Å². The molecule has 0 saturated heterocycles. The summed E-state index contributed by atoms with van der Waals surface area (Å²) in [6, 6.07) is 9.99. The number of hydrogen-bond donors (Lipinski definition) is 2. The van der Waals surface area contributed by atoms with E-state index in [9.17, 15) is 10.2 Å². The summed E-state index contributed by atoms with van der Waals surface area (Å²) in [5, 5.41) is 19.3. The molecule has 168 valence electrons. The molecule has 0 aliphatic heterocycles. The Morgan fingerprint density at radius 3 is 2.39 bits per heavy atom. The number of aryl methyl sites for hydroxylation is 1. The molecule has 2 rings (SSSR count). The Balaban J connectivity index is 2.21. The lowest BCUT2D eigenvalue weighted by Crippen LogP contribution is -2.22. The van der Waals surface area contributed by atoms with Crippen molar-refractivity contribution in [3.8, 4) is 17.2 Å². The zero-order valence-electron chi connectivity index (χ0n) is 19.7. The van der Waals surface area contributed by atoms with Crippen molar-refractivity contribution in [3.63, 3.8) is 0 Å². The maximum absolute atomic E-state index is 9.75. The maximum atomic E-state index is 9.75. The third-order valence-electron chi connectivity index (χ3n) is 4.96. The molecule has 0 atom stereocenters. The minimum atomic E-state index is -1.11. The van der Waals surface area contributed by atoms with Crippen LogP contribution in [-0.2, 0) is 11.2 Å². The summed E-state index contributed by atoms with van der Waals surface area (Å²) >= 11 is 0. The van der Waals surface area contributed by atoms with E-state index in [1.807, 2.05) is 18.2 Å². The standard InChI is InChI=1S/C26H36O4Si/c1-19(2)7-11-24-20(3)15-23(30-18-29-13-14-31(4,5)6)17-22(24)10-8-21-9-12-25(27)26(28)16-21/h7-10,12,15-17,27-28H,11,13-14,18H2,1-6H3/b10-8+. The lowest BCUT2D eigenvalue weighted by Gasteiger charge is -2.16. The Morgan fingerprint density at radius 2 is 1.74 bits per heavy atom. The van der Waals surface area contributed by atoms with Crippen molar-refractivity contribution < 1.29 is 19.7 Å². The first kappa shape index (κ1) is 24.8. The summed E-state index contributed by atoms with van der Waals surface area (Å²) < 4.78 is 11.6. The second-order valence-electron chi connectivity index (χ2n) is 9.36. The van der Waals surface area contributed by atoms with Gasteiger partial charge in [-0.15, -0.1) is 0 Å². The van der Waals surface area contributed by atoms with E-state index < -0.39 is 8.07 Å². The van der Waals surface area contributed by atoms with E-state index in [2.05, 4.69) is 52.6 Å². The Bertz CT molecular complexity index is 935. The fourth-order valence-electron chi connectivity index (χ4n) is 3.00. The van der Waals surface area contributed by atoms with Gasteiger partial charge in [-0.05, 0) is 79.8 Å². The Kier molecular flexibility index (Phi) is 8.96. The molecule has 0 aromatic heterocycles. The summed E-state index contributed by atoms with van der Waals surface area (Å²) in [5.74, 6) is 0.525. The van der Waals surface area contributed by atoms with Gasteiger partial charge in [0.15, 0.2) is 18.3 Å². The average molecular weight is 441 g/mol. The minimum absolute atomic E-state index is 0.123. The maximum Gasteiger partial charge on any atom is 0.189 e. The van der Waals surface area contributed by atoms with Crippen molar-refractivity contribution in [2.75, 3.05) is 13.4 Å². The van der Waals surface area contributed by atoms with Crippen molar-refractivity contribution in [2.45, 2.75) is 52.9 Å². The third kappa shape index (κ3) is 8.64. The molecule has 0 unspecified atom stereocenters. The van der Waals surface area contributed by atoms with Gasteiger partial charge < -0.3 is 19.7 Å². The Labute approximate surface area is 187 Å². The number of allylic oxidation sites excluding steroid dienone is 2. The van der Waals surface area contributed by atoms with Crippen LogP contribution >= 0.6 is 0 Å². The molecule has 2 N–H and O–H groups in total. The minimum Gasteiger partial charge on any atom is -0.504 e. The highest BCUT2D eigenvalue weighted by Crippen LogP contribution is 2.28. The highest BCUT2D eigenvalue weighted by atomic mass is 28.3. The van der Waals surface area contributed by atoms with Crippen LogP contribution in [0.2, 0.25) is 25.7 Å². The van der Waals surface area contributed by atoms with Gasteiger partial charge in [0.2, 0.25) is 0 Å². The predicted octanol–water partition coefficient (Wildman–Crippen LogP) is 6.78. The number of ether oxygens (including phenoxy) is 2. The zero-order valence-corrected chi connectivity index (χ0v) is 20.7. The van der Waals surface area contributed by atoms with Crippen LogP contribution in [0, 0.1) is 6.92 Å². The molecular weight excluding hydrogens is 404 g/mol.